The van der Waals surface area contributed by atoms with Crippen molar-refractivity contribution in [3.8, 4) is 16.9 Å². The van der Waals surface area contributed by atoms with E-state index in [1.165, 1.54) is 30.5 Å². The standard InChI is InChI=1S/C13H9ClF3NO2/c14-10-5-8(6-18-11(10)7-19)9-3-1-2-4-12(9)20-13(15,16)17/h1-6,19H,7H2. The molecule has 7 heteroatoms. The summed E-state index contributed by atoms with van der Waals surface area (Å²) in [6.07, 6.45) is -3.45. The molecule has 2 aromatic rings. The summed E-state index contributed by atoms with van der Waals surface area (Å²) in [5.74, 6) is -0.338. The average Bonchev–Trinajstić information content (AvgIpc) is 2.37. The Morgan fingerprint density at radius 1 is 1.25 bits per heavy atom. The number of ether oxygens (including phenoxy) is 1. The summed E-state index contributed by atoms with van der Waals surface area (Å²) in [6.45, 7) is -0.347. The minimum Gasteiger partial charge on any atom is -0.405 e. The normalized spacial score (nSPS) is 11.4. The predicted octanol–water partition coefficient (Wildman–Crippen LogP) is 3.79. The number of pyridine rings is 1. The smallest absolute Gasteiger partial charge is 0.405 e. The molecule has 20 heavy (non-hydrogen) atoms. The van der Waals surface area contributed by atoms with Crippen molar-refractivity contribution in [3.63, 3.8) is 0 Å². The number of aliphatic hydroxyl groups is 1. The molecule has 106 valence electrons. The third-order valence-corrected chi connectivity index (χ3v) is 2.82. The summed E-state index contributed by atoms with van der Waals surface area (Å²) >= 11 is 5.88. The van der Waals surface area contributed by atoms with Gasteiger partial charge in [-0.3, -0.25) is 4.98 Å². The Morgan fingerprint density at radius 2 is 1.95 bits per heavy atom. The Morgan fingerprint density at radius 3 is 2.55 bits per heavy atom. The Bertz CT molecular complexity index is 617. The third kappa shape index (κ3) is 3.40. The lowest BCUT2D eigenvalue weighted by Gasteiger charge is -2.13. The number of hydrogen-bond acceptors (Lipinski definition) is 3. The molecule has 0 fully saturated rings. The third-order valence-electron chi connectivity index (χ3n) is 2.49. The molecular weight excluding hydrogens is 295 g/mol. The maximum atomic E-state index is 12.3. The molecule has 1 N–H and O–H groups in total. The minimum absolute atomic E-state index is 0.173. The highest BCUT2D eigenvalue weighted by Gasteiger charge is 2.32. The zero-order valence-electron chi connectivity index (χ0n) is 9.99. The van der Waals surface area contributed by atoms with Crippen molar-refractivity contribution >= 4 is 11.6 Å². The molecule has 1 aromatic heterocycles. The number of rotatable bonds is 3. The number of para-hydroxylation sites is 1. The summed E-state index contributed by atoms with van der Waals surface area (Å²) in [6, 6.07) is 7.11. The lowest BCUT2D eigenvalue weighted by Crippen LogP contribution is -2.17. The van der Waals surface area contributed by atoms with E-state index in [0.717, 1.165) is 0 Å². The van der Waals surface area contributed by atoms with Crippen LogP contribution in [0.5, 0.6) is 5.75 Å². The van der Waals surface area contributed by atoms with E-state index in [1.807, 2.05) is 0 Å². The Hall–Kier alpha value is -1.79. The van der Waals surface area contributed by atoms with Gasteiger partial charge in [-0.2, -0.15) is 0 Å². The Kier molecular flexibility index (Phi) is 4.15. The van der Waals surface area contributed by atoms with Crippen molar-refractivity contribution in [2.75, 3.05) is 0 Å². The van der Waals surface area contributed by atoms with Crippen molar-refractivity contribution in [1.82, 2.24) is 4.98 Å². The second-order valence-electron chi connectivity index (χ2n) is 3.85. The van der Waals surface area contributed by atoms with Crippen LogP contribution in [0.1, 0.15) is 5.69 Å². The molecule has 0 aliphatic carbocycles. The van der Waals surface area contributed by atoms with Crippen molar-refractivity contribution in [2.45, 2.75) is 13.0 Å². The fourth-order valence-electron chi connectivity index (χ4n) is 1.65. The number of aromatic nitrogens is 1. The van der Waals surface area contributed by atoms with Crippen LogP contribution in [0, 0.1) is 0 Å². The summed E-state index contributed by atoms with van der Waals surface area (Å²) < 4.78 is 41.0. The SMILES string of the molecule is OCc1ncc(-c2ccccc2OC(F)(F)F)cc1Cl. The first-order valence-corrected chi connectivity index (χ1v) is 5.89. The van der Waals surface area contributed by atoms with Crippen LogP contribution in [-0.4, -0.2) is 16.5 Å². The molecule has 0 aliphatic heterocycles. The first-order chi connectivity index (χ1) is 9.40. The van der Waals surface area contributed by atoms with Gasteiger partial charge in [0.25, 0.3) is 0 Å². The quantitative estimate of drug-likeness (QED) is 0.938. The van der Waals surface area contributed by atoms with Gasteiger partial charge in [-0.15, -0.1) is 13.2 Å². The van der Waals surface area contributed by atoms with Crippen LogP contribution >= 0.6 is 11.6 Å². The Balaban J connectivity index is 2.45. The monoisotopic (exact) mass is 303 g/mol. The van der Waals surface area contributed by atoms with Gasteiger partial charge in [0.05, 0.1) is 17.3 Å². The van der Waals surface area contributed by atoms with E-state index >= 15 is 0 Å². The number of benzene rings is 1. The van der Waals surface area contributed by atoms with Crippen molar-refractivity contribution in [2.24, 2.45) is 0 Å². The van der Waals surface area contributed by atoms with Gasteiger partial charge < -0.3 is 9.84 Å². The van der Waals surface area contributed by atoms with Gasteiger partial charge in [-0.1, -0.05) is 29.8 Å². The first-order valence-electron chi connectivity index (χ1n) is 5.51. The highest BCUT2D eigenvalue weighted by molar-refractivity contribution is 6.31. The van der Waals surface area contributed by atoms with E-state index in [9.17, 15) is 13.2 Å². The second kappa shape index (κ2) is 5.68. The summed E-state index contributed by atoms with van der Waals surface area (Å²) in [5, 5.41) is 9.14. The number of aliphatic hydroxyl groups excluding tert-OH is 1. The number of halogens is 4. The predicted molar refractivity (Wildman–Crippen MR) is 67.3 cm³/mol. The average molecular weight is 304 g/mol. The molecule has 0 saturated carbocycles. The van der Waals surface area contributed by atoms with E-state index in [-0.39, 0.29) is 28.6 Å². The molecule has 0 aliphatic rings. The van der Waals surface area contributed by atoms with Gasteiger partial charge in [-0.25, -0.2) is 0 Å². The van der Waals surface area contributed by atoms with E-state index in [1.54, 1.807) is 6.07 Å². The Labute approximate surface area is 117 Å². The zero-order chi connectivity index (χ0) is 14.8. The molecule has 0 spiro atoms. The van der Waals surface area contributed by atoms with E-state index in [0.29, 0.717) is 5.56 Å². The van der Waals surface area contributed by atoms with E-state index in [2.05, 4.69) is 9.72 Å². The van der Waals surface area contributed by atoms with Crippen LogP contribution in [0.2, 0.25) is 5.02 Å². The highest BCUT2D eigenvalue weighted by atomic mass is 35.5. The van der Waals surface area contributed by atoms with Gasteiger partial charge >= 0.3 is 6.36 Å². The fourth-order valence-corrected chi connectivity index (χ4v) is 1.87. The van der Waals surface area contributed by atoms with Gasteiger partial charge in [0.1, 0.15) is 5.75 Å². The molecule has 1 aromatic carbocycles. The maximum absolute atomic E-state index is 12.3. The number of alkyl halides is 3. The molecule has 0 unspecified atom stereocenters. The summed E-state index contributed by atoms with van der Waals surface area (Å²) in [7, 11) is 0. The van der Waals surface area contributed by atoms with Crippen molar-refractivity contribution < 1.29 is 23.0 Å². The van der Waals surface area contributed by atoms with Gasteiger partial charge in [0.2, 0.25) is 0 Å². The van der Waals surface area contributed by atoms with E-state index in [4.69, 9.17) is 16.7 Å². The molecule has 1 heterocycles. The zero-order valence-corrected chi connectivity index (χ0v) is 10.7. The molecule has 3 nitrogen and oxygen atoms in total. The van der Waals surface area contributed by atoms with Gasteiger partial charge in [0.15, 0.2) is 0 Å². The largest absolute Gasteiger partial charge is 0.573 e. The first kappa shape index (κ1) is 14.6. The molecule has 0 radical (unpaired) electrons. The molecular formula is C13H9ClF3NO2. The van der Waals surface area contributed by atoms with Crippen LogP contribution in [0.25, 0.3) is 11.1 Å². The van der Waals surface area contributed by atoms with Crippen LogP contribution in [0.3, 0.4) is 0 Å². The van der Waals surface area contributed by atoms with Crippen molar-refractivity contribution in [1.29, 1.82) is 0 Å². The van der Waals surface area contributed by atoms with Crippen LogP contribution in [0.15, 0.2) is 36.5 Å². The van der Waals surface area contributed by atoms with Crippen LogP contribution < -0.4 is 4.74 Å². The van der Waals surface area contributed by atoms with Crippen molar-refractivity contribution in [3.05, 3.63) is 47.2 Å². The van der Waals surface area contributed by atoms with Crippen LogP contribution in [-0.2, 0) is 6.61 Å². The minimum atomic E-state index is -4.78. The van der Waals surface area contributed by atoms with Gasteiger partial charge in [-0.05, 0) is 12.1 Å². The molecule has 0 amide bonds. The van der Waals surface area contributed by atoms with Gasteiger partial charge in [0, 0.05) is 17.3 Å². The van der Waals surface area contributed by atoms with Crippen LogP contribution in [0.4, 0.5) is 13.2 Å². The second-order valence-corrected chi connectivity index (χ2v) is 4.26. The molecule has 0 bridgehead atoms. The summed E-state index contributed by atoms with van der Waals surface area (Å²) in [4.78, 5) is 3.89. The maximum Gasteiger partial charge on any atom is 0.573 e. The topological polar surface area (TPSA) is 42.4 Å². The lowest BCUT2D eigenvalue weighted by atomic mass is 10.1. The van der Waals surface area contributed by atoms with E-state index < -0.39 is 6.36 Å². The number of hydrogen-bond donors (Lipinski definition) is 1. The number of nitrogens with zero attached hydrogens (tertiary/aromatic N) is 1. The molecule has 2 rings (SSSR count). The fraction of sp³-hybridized carbons (Fsp3) is 0.154. The lowest BCUT2D eigenvalue weighted by molar-refractivity contribution is -0.274. The molecule has 0 atom stereocenters. The molecule has 0 saturated heterocycles. The highest BCUT2D eigenvalue weighted by Crippen LogP contribution is 2.34. The summed E-state index contributed by atoms with van der Waals surface area (Å²) in [5.41, 5.74) is 0.834.